The highest BCUT2D eigenvalue weighted by Crippen LogP contribution is 2.40. The molecule has 4 heteroatoms. The van der Waals surface area contributed by atoms with Gasteiger partial charge in [-0.05, 0) is 98.1 Å². The highest BCUT2D eigenvalue weighted by molar-refractivity contribution is 6.25. The van der Waals surface area contributed by atoms with Gasteiger partial charge in [0.15, 0.2) is 0 Å². The van der Waals surface area contributed by atoms with Crippen molar-refractivity contribution < 1.29 is 0 Å². The third kappa shape index (κ3) is 4.16. The van der Waals surface area contributed by atoms with Crippen molar-refractivity contribution in [3.05, 3.63) is 182 Å². The van der Waals surface area contributed by atoms with Crippen LogP contribution in [0.25, 0.3) is 98.6 Å². The molecule has 1 atom stereocenters. The van der Waals surface area contributed by atoms with Crippen molar-refractivity contribution in [3.63, 3.8) is 0 Å². The van der Waals surface area contributed by atoms with Crippen molar-refractivity contribution in [2.75, 3.05) is 0 Å². The molecule has 1 N–H and O–H groups in total. The number of para-hydroxylation sites is 2. The van der Waals surface area contributed by atoms with Gasteiger partial charge < -0.3 is 9.88 Å². The highest BCUT2D eigenvalue weighted by atomic mass is 15.2. The summed E-state index contributed by atoms with van der Waals surface area (Å²) in [7, 11) is 0. The Labute approximate surface area is 310 Å². The smallest absolute Gasteiger partial charge is 0.130 e. The van der Waals surface area contributed by atoms with Gasteiger partial charge in [0, 0.05) is 27.2 Å². The lowest BCUT2D eigenvalue weighted by atomic mass is 9.94. The Hall–Kier alpha value is -7.17. The summed E-state index contributed by atoms with van der Waals surface area (Å²) < 4.78 is 4.75. The lowest BCUT2D eigenvalue weighted by Gasteiger charge is -2.25. The maximum atomic E-state index is 4.82. The quantitative estimate of drug-likeness (QED) is 0.184. The Morgan fingerprint density at radius 1 is 0.426 bits per heavy atom. The third-order valence-electron chi connectivity index (χ3n) is 11.5. The number of hydrogen-bond acceptors (Lipinski definition) is 2. The van der Waals surface area contributed by atoms with E-state index in [-0.39, 0.29) is 6.04 Å². The van der Waals surface area contributed by atoms with Crippen molar-refractivity contribution in [2.45, 2.75) is 6.04 Å². The van der Waals surface area contributed by atoms with E-state index in [4.69, 9.17) is 4.99 Å². The van der Waals surface area contributed by atoms with E-state index < -0.39 is 0 Å². The highest BCUT2D eigenvalue weighted by Gasteiger charge is 2.22. The molecule has 0 saturated heterocycles. The van der Waals surface area contributed by atoms with Crippen LogP contribution in [0.5, 0.6) is 0 Å². The molecular weight excluding hydrogens is 657 g/mol. The van der Waals surface area contributed by atoms with Crippen LogP contribution in [0.2, 0.25) is 0 Å². The summed E-state index contributed by atoms with van der Waals surface area (Å²) in [5.41, 5.74) is 9.30. The molecular formula is C50H32N4. The van der Waals surface area contributed by atoms with Gasteiger partial charge in [-0.3, -0.25) is 9.56 Å². The monoisotopic (exact) mass is 688 g/mol. The van der Waals surface area contributed by atoms with Gasteiger partial charge in [0.05, 0.1) is 40.0 Å². The van der Waals surface area contributed by atoms with Gasteiger partial charge >= 0.3 is 0 Å². The van der Waals surface area contributed by atoms with Gasteiger partial charge in [-0.15, -0.1) is 0 Å². The van der Waals surface area contributed by atoms with Crippen LogP contribution in [-0.2, 0) is 0 Å². The molecule has 0 amide bonds. The number of rotatable bonds is 3. The number of fused-ring (bicyclic) bond motifs is 13. The van der Waals surface area contributed by atoms with Gasteiger partial charge in [-0.2, -0.15) is 0 Å². The van der Waals surface area contributed by atoms with Crippen LogP contribution >= 0.6 is 0 Å². The number of nitrogens with zero attached hydrogens (tertiary/aromatic N) is 3. The third-order valence-corrected chi connectivity index (χ3v) is 11.5. The van der Waals surface area contributed by atoms with Crippen LogP contribution in [0, 0.1) is 0 Å². The lowest BCUT2D eigenvalue weighted by Crippen LogP contribution is -2.37. The van der Waals surface area contributed by atoms with Gasteiger partial charge in [0.1, 0.15) is 5.82 Å². The van der Waals surface area contributed by atoms with Crippen molar-refractivity contribution in [1.82, 2.24) is 14.5 Å². The fourth-order valence-corrected chi connectivity index (χ4v) is 9.11. The van der Waals surface area contributed by atoms with E-state index in [0.717, 1.165) is 28.3 Å². The molecule has 10 aromatic rings. The molecule has 0 bridgehead atoms. The minimum atomic E-state index is 0.0631. The second-order valence-corrected chi connectivity index (χ2v) is 14.4. The fraction of sp³-hybridized carbons (Fsp3) is 0.0200. The van der Waals surface area contributed by atoms with E-state index in [1.165, 1.54) is 76.0 Å². The SMILES string of the molecule is C1=CC2=NC=C(n3c4ccccc4c4cc(-c5ccc6c(c5)c5ccccc5n6-c5ccc6c7ccccc7c7ccccc7c6c5)ccc43)NC2C=C1. The molecule has 12 rings (SSSR count). The van der Waals surface area contributed by atoms with Crippen LogP contribution in [-0.4, -0.2) is 20.9 Å². The topological polar surface area (TPSA) is 34.2 Å². The summed E-state index contributed by atoms with van der Waals surface area (Å²) in [6.45, 7) is 0. The van der Waals surface area contributed by atoms with Gasteiger partial charge in [-0.25, -0.2) is 0 Å². The molecule has 2 aromatic heterocycles. The van der Waals surface area contributed by atoms with E-state index in [1.807, 2.05) is 12.3 Å². The first-order chi connectivity index (χ1) is 26.8. The zero-order valence-electron chi connectivity index (χ0n) is 29.2. The van der Waals surface area contributed by atoms with E-state index in [9.17, 15) is 0 Å². The van der Waals surface area contributed by atoms with E-state index in [0.29, 0.717) is 0 Å². The second-order valence-electron chi connectivity index (χ2n) is 14.4. The average molecular weight is 689 g/mol. The summed E-state index contributed by atoms with van der Waals surface area (Å²) in [4.78, 5) is 4.82. The van der Waals surface area contributed by atoms with E-state index >= 15 is 0 Å². The van der Waals surface area contributed by atoms with Gasteiger partial charge in [0.2, 0.25) is 0 Å². The standard InChI is InChI=1S/C50H32N4/c1-2-13-36-34(11-1)35-12-3-4-14-37(35)41-29-33(23-24-38(36)41)53-46-19-9-5-15-39(46)42-27-31(21-25-48(42)53)32-22-26-49-43(28-32)40-16-6-10-20-47(40)54(49)50-30-51-44-17-7-8-18-45(44)52-50/h1-30,45,52H. The predicted molar refractivity (Wildman–Crippen MR) is 229 cm³/mol. The zero-order chi connectivity index (χ0) is 35.3. The normalized spacial score (nSPS) is 15.4. The molecule has 1 aliphatic carbocycles. The molecule has 8 aromatic carbocycles. The number of aliphatic imine (C=N–C) groups is 1. The molecule has 0 fully saturated rings. The number of benzene rings is 8. The maximum Gasteiger partial charge on any atom is 0.130 e. The van der Waals surface area contributed by atoms with Crippen molar-refractivity contribution in [3.8, 4) is 16.8 Å². The molecule has 1 aliphatic heterocycles. The van der Waals surface area contributed by atoms with Crippen LogP contribution in [0.1, 0.15) is 0 Å². The summed E-state index contributed by atoms with van der Waals surface area (Å²) in [6.07, 6.45) is 10.3. The molecule has 1 unspecified atom stereocenters. The molecule has 3 heterocycles. The van der Waals surface area contributed by atoms with Crippen LogP contribution in [0.3, 0.4) is 0 Å². The number of nitrogens with one attached hydrogen (secondary N) is 1. The van der Waals surface area contributed by atoms with Crippen LogP contribution in [0.15, 0.2) is 187 Å². The molecule has 0 radical (unpaired) electrons. The molecule has 54 heavy (non-hydrogen) atoms. The Kier molecular flexibility index (Phi) is 6.08. The Morgan fingerprint density at radius 3 is 1.59 bits per heavy atom. The van der Waals surface area contributed by atoms with E-state index in [1.54, 1.807) is 0 Å². The van der Waals surface area contributed by atoms with Crippen LogP contribution < -0.4 is 5.32 Å². The molecule has 0 spiro atoms. The maximum absolute atomic E-state index is 4.82. The fourth-order valence-electron chi connectivity index (χ4n) is 9.11. The molecule has 0 saturated carbocycles. The van der Waals surface area contributed by atoms with Gasteiger partial charge in [-0.1, -0.05) is 121 Å². The minimum absolute atomic E-state index is 0.0631. The zero-order valence-corrected chi connectivity index (χ0v) is 29.2. The first-order valence-corrected chi connectivity index (χ1v) is 18.6. The van der Waals surface area contributed by atoms with Crippen LogP contribution in [0.4, 0.5) is 0 Å². The van der Waals surface area contributed by atoms with E-state index in [2.05, 4.69) is 184 Å². The van der Waals surface area contributed by atoms with Crippen molar-refractivity contribution in [2.24, 2.45) is 4.99 Å². The Balaban J connectivity index is 1.03. The molecule has 2 aliphatic rings. The first-order valence-electron chi connectivity index (χ1n) is 18.6. The lowest BCUT2D eigenvalue weighted by molar-refractivity contribution is 0.832. The predicted octanol–water partition coefficient (Wildman–Crippen LogP) is 12.3. The largest absolute Gasteiger partial charge is 0.358 e. The first kappa shape index (κ1) is 29.4. The minimum Gasteiger partial charge on any atom is -0.358 e. The Bertz CT molecular complexity index is 3330. The number of aromatic nitrogens is 2. The summed E-state index contributed by atoms with van der Waals surface area (Å²) >= 11 is 0. The van der Waals surface area contributed by atoms with Gasteiger partial charge in [0.25, 0.3) is 0 Å². The van der Waals surface area contributed by atoms with Crippen molar-refractivity contribution >= 4 is 87.5 Å². The Morgan fingerprint density at radius 2 is 0.944 bits per heavy atom. The van der Waals surface area contributed by atoms with Crippen molar-refractivity contribution in [1.29, 1.82) is 0 Å². The number of allylic oxidation sites excluding steroid dienone is 2. The summed E-state index contributed by atoms with van der Waals surface area (Å²) in [5.74, 6) is 0.978. The summed E-state index contributed by atoms with van der Waals surface area (Å²) in [6, 6.07) is 56.0. The summed E-state index contributed by atoms with van der Waals surface area (Å²) in [5, 5.41) is 16.4. The second kappa shape index (κ2) is 11.2. The number of hydrogen-bond donors (Lipinski definition) is 1. The molecule has 252 valence electrons. The molecule has 4 nitrogen and oxygen atoms in total. The average Bonchev–Trinajstić information content (AvgIpc) is 3.75.